The Morgan fingerprint density at radius 3 is 2.47 bits per heavy atom. The number of aliphatic carboxylic acids is 1. The molecular weight excluding hydrogens is 271 g/mol. The zero-order chi connectivity index (χ0) is 14.6. The number of hydrogen-bond acceptors (Lipinski definition) is 4. The highest BCUT2D eigenvalue weighted by Gasteiger charge is 2.34. The van der Waals surface area contributed by atoms with Crippen molar-refractivity contribution in [2.45, 2.75) is 6.18 Å². The minimum atomic E-state index is -4.74. The summed E-state index contributed by atoms with van der Waals surface area (Å²) in [5, 5.41) is 8.48. The molecule has 0 aromatic carbocycles. The van der Waals surface area contributed by atoms with Gasteiger partial charge in [-0.15, -0.1) is 0 Å². The lowest BCUT2D eigenvalue weighted by Crippen LogP contribution is -2.42. The lowest BCUT2D eigenvalue weighted by Gasteiger charge is -2.21. The summed E-state index contributed by atoms with van der Waals surface area (Å²) >= 11 is 0. The van der Waals surface area contributed by atoms with Gasteiger partial charge >= 0.3 is 12.1 Å². The number of carboxylic acid groups (broad SMARTS) is 1. The van der Waals surface area contributed by atoms with Gasteiger partial charge in [0.25, 0.3) is 11.5 Å². The van der Waals surface area contributed by atoms with Gasteiger partial charge in [0.15, 0.2) is 0 Å². The number of hydrogen-bond donors (Lipinski definition) is 2. The number of aromatic nitrogens is 2. The fraction of sp³-hybridized carbons (Fsp3) is 0.333. The molecule has 0 atom stereocenters. The maximum absolute atomic E-state index is 12.2. The van der Waals surface area contributed by atoms with Crippen molar-refractivity contribution in [3.8, 4) is 0 Å². The number of nitrogens with one attached hydrogen (secondary N) is 1. The quantitative estimate of drug-likeness (QED) is 0.798. The van der Waals surface area contributed by atoms with Crippen LogP contribution in [0.2, 0.25) is 0 Å². The van der Waals surface area contributed by atoms with E-state index in [0.29, 0.717) is 6.20 Å². The Hall–Kier alpha value is -2.39. The minimum absolute atomic E-state index is 0.0724. The van der Waals surface area contributed by atoms with Gasteiger partial charge in [0.05, 0.1) is 6.20 Å². The van der Waals surface area contributed by atoms with Crippen LogP contribution in [0.1, 0.15) is 10.5 Å². The normalized spacial score (nSPS) is 11.1. The zero-order valence-electron chi connectivity index (χ0n) is 9.27. The molecule has 0 fully saturated rings. The third-order valence-electron chi connectivity index (χ3n) is 1.87. The van der Waals surface area contributed by atoms with Gasteiger partial charge in [0.1, 0.15) is 18.8 Å². The van der Waals surface area contributed by atoms with E-state index >= 15 is 0 Å². The Kier molecular flexibility index (Phi) is 4.25. The van der Waals surface area contributed by atoms with E-state index in [2.05, 4.69) is 9.97 Å². The molecule has 104 valence electrons. The number of H-pyrrole nitrogens is 1. The highest BCUT2D eigenvalue weighted by Crippen LogP contribution is 2.17. The van der Waals surface area contributed by atoms with E-state index in [1.807, 2.05) is 0 Å². The molecule has 0 saturated carbocycles. The average molecular weight is 279 g/mol. The molecular formula is C9H8F3N3O4. The minimum Gasteiger partial charge on any atom is -0.480 e. The van der Waals surface area contributed by atoms with Gasteiger partial charge in [-0.1, -0.05) is 0 Å². The Morgan fingerprint density at radius 1 is 1.42 bits per heavy atom. The Bertz CT molecular complexity index is 520. The molecule has 0 aliphatic heterocycles. The first kappa shape index (κ1) is 14.7. The van der Waals surface area contributed by atoms with E-state index in [1.54, 1.807) is 0 Å². The number of amides is 1. The van der Waals surface area contributed by atoms with Crippen LogP contribution in [0.5, 0.6) is 0 Å². The van der Waals surface area contributed by atoms with E-state index < -0.39 is 42.4 Å². The molecule has 1 heterocycles. The van der Waals surface area contributed by atoms with Crippen molar-refractivity contribution >= 4 is 11.9 Å². The molecule has 7 nitrogen and oxygen atoms in total. The van der Waals surface area contributed by atoms with E-state index in [9.17, 15) is 27.6 Å². The number of carbonyl (C=O) groups excluding carboxylic acids is 1. The van der Waals surface area contributed by atoms with Crippen LogP contribution in [0.3, 0.4) is 0 Å². The molecule has 0 spiro atoms. The first-order valence-corrected chi connectivity index (χ1v) is 4.81. The van der Waals surface area contributed by atoms with Crippen molar-refractivity contribution in [2.24, 2.45) is 0 Å². The molecule has 1 aromatic rings. The molecule has 19 heavy (non-hydrogen) atoms. The first-order chi connectivity index (χ1) is 8.69. The molecule has 0 bridgehead atoms. The van der Waals surface area contributed by atoms with Gasteiger partial charge < -0.3 is 15.0 Å². The van der Waals surface area contributed by atoms with Gasteiger partial charge in [-0.3, -0.25) is 14.4 Å². The van der Waals surface area contributed by atoms with Crippen molar-refractivity contribution in [3.63, 3.8) is 0 Å². The zero-order valence-corrected chi connectivity index (χ0v) is 9.27. The van der Waals surface area contributed by atoms with E-state index in [4.69, 9.17) is 5.11 Å². The summed E-state index contributed by atoms with van der Waals surface area (Å²) in [5.41, 5.74) is -1.12. The summed E-state index contributed by atoms with van der Waals surface area (Å²) in [6.07, 6.45) is -3.22. The Morgan fingerprint density at radius 2 is 2.05 bits per heavy atom. The molecule has 0 aliphatic rings. The number of halogens is 3. The summed E-state index contributed by atoms with van der Waals surface area (Å²) in [4.78, 5) is 38.3. The maximum Gasteiger partial charge on any atom is 0.406 e. The molecule has 0 radical (unpaired) electrons. The number of rotatable bonds is 4. The standard InChI is InChI=1S/C9H8F3N3O4/c10-9(11,12)4-15(3-7(17)18)8(19)5-1-14-6(16)2-13-5/h1-2H,3-4H2,(H,14,16)(H,17,18). The SMILES string of the molecule is O=C(O)CN(CC(F)(F)F)C(=O)c1c[nH]c(=O)cn1. The van der Waals surface area contributed by atoms with Gasteiger partial charge in [0.2, 0.25) is 0 Å². The average Bonchev–Trinajstić information content (AvgIpc) is 2.25. The van der Waals surface area contributed by atoms with E-state index in [1.165, 1.54) is 0 Å². The molecule has 1 rings (SSSR count). The summed E-state index contributed by atoms with van der Waals surface area (Å²) in [5.74, 6) is -2.84. The van der Waals surface area contributed by atoms with Crippen LogP contribution in [0.4, 0.5) is 13.2 Å². The van der Waals surface area contributed by atoms with Crippen LogP contribution >= 0.6 is 0 Å². The summed E-state index contributed by atoms with van der Waals surface area (Å²) < 4.78 is 36.7. The van der Waals surface area contributed by atoms with Crippen molar-refractivity contribution < 1.29 is 27.9 Å². The van der Waals surface area contributed by atoms with Crippen LogP contribution in [0.15, 0.2) is 17.2 Å². The van der Waals surface area contributed by atoms with E-state index in [0.717, 1.165) is 6.20 Å². The lowest BCUT2D eigenvalue weighted by atomic mass is 10.3. The summed E-state index contributed by atoms with van der Waals surface area (Å²) in [6, 6.07) is 0. The molecule has 1 amide bonds. The van der Waals surface area contributed by atoms with Crippen LogP contribution in [0, 0.1) is 0 Å². The monoisotopic (exact) mass is 279 g/mol. The van der Waals surface area contributed by atoms with Crippen LogP contribution < -0.4 is 5.56 Å². The number of carbonyl (C=O) groups is 2. The first-order valence-electron chi connectivity index (χ1n) is 4.81. The smallest absolute Gasteiger partial charge is 0.406 e. The largest absolute Gasteiger partial charge is 0.480 e. The molecule has 0 aliphatic carbocycles. The second-order valence-corrected chi connectivity index (χ2v) is 3.47. The van der Waals surface area contributed by atoms with Gasteiger partial charge in [-0.25, -0.2) is 4.98 Å². The molecule has 0 unspecified atom stereocenters. The van der Waals surface area contributed by atoms with Crippen LogP contribution in [0.25, 0.3) is 0 Å². The highest BCUT2D eigenvalue weighted by atomic mass is 19.4. The Labute approximate surface area is 103 Å². The van der Waals surface area contributed by atoms with Gasteiger partial charge in [-0.2, -0.15) is 13.2 Å². The third-order valence-corrected chi connectivity index (χ3v) is 1.87. The fourth-order valence-electron chi connectivity index (χ4n) is 1.20. The van der Waals surface area contributed by atoms with Crippen molar-refractivity contribution in [2.75, 3.05) is 13.1 Å². The molecule has 1 aromatic heterocycles. The lowest BCUT2D eigenvalue weighted by molar-refractivity contribution is -0.149. The maximum atomic E-state index is 12.2. The third kappa shape index (κ3) is 4.77. The number of nitrogens with zero attached hydrogens (tertiary/aromatic N) is 2. The predicted molar refractivity (Wildman–Crippen MR) is 54.5 cm³/mol. The summed E-state index contributed by atoms with van der Waals surface area (Å²) in [7, 11) is 0. The number of carboxylic acids is 1. The molecule has 2 N–H and O–H groups in total. The molecule has 10 heteroatoms. The van der Waals surface area contributed by atoms with Crippen molar-refractivity contribution in [1.82, 2.24) is 14.9 Å². The molecule has 0 saturated heterocycles. The summed E-state index contributed by atoms with van der Waals surface area (Å²) in [6.45, 7) is -2.85. The fourth-order valence-corrected chi connectivity index (χ4v) is 1.20. The van der Waals surface area contributed by atoms with Gasteiger partial charge in [-0.05, 0) is 0 Å². The topological polar surface area (TPSA) is 103 Å². The van der Waals surface area contributed by atoms with E-state index in [-0.39, 0.29) is 4.90 Å². The second kappa shape index (κ2) is 5.50. The highest BCUT2D eigenvalue weighted by molar-refractivity contribution is 5.93. The predicted octanol–water partition coefficient (Wildman–Crippen LogP) is -0.141. The van der Waals surface area contributed by atoms with Gasteiger partial charge in [0, 0.05) is 6.20 Å². The number of aromatic amines is 1. The Balaban J connectivity index is 2.96. The second-order valence-electron chi connectivity index (χ2n) is 3.47. The van der Waals surface area contributed by atoms with Crippen molar-refractivity contribution in [1.29, 1.82) is 0 Å². The van der Waals surface area contributed by atoms with Crippen LogP contribution in [-0.2, 0) is 4.79 Å². The van der Waals surface area contributed by atoms with Crippen molar-refractivity contribution in [3.05, 3.63) is 28.4 Å². The van der Waals surface area contributed by atoms with Crippen LogP contribution in [-0.4, -0.2) is 51.1 Å². The number of alkyl halides is 3.